The summed E-state index contributed by atoms with van der Waals surface area (Å²) in [6.45, 7) is 2.06. The number of Topliss-reactive ketones (excluding diaryl/α,β-unsaturated/α-hetero) is 1. The normalized spacial score (nSPS) is 39.6. The van der Waals surface area contributed by atoms with Gasteiger partial charge < -0.3 is 5.32 Å². The molecule has 0 amide bonds. The molecule has 0 heterocycles. The van der Waals surface area contributed by atoms with E-state index in [2.05, 4.69) is 42.6 Å². The number of rotatable bonds is 3. The van der Waals surface area contributed by atoms with Gasteiger partial charge in [-0.3, -0.25) is 4.79 Å². The minimum Gasteiger partial charge on any atom is -0.385 e. The summed E-state index contributed by atoms with van der Waals surface area (Å²) in [6, 6.07) is 10.9. The molecule has 1 N–H and O–H groups in total. The largest absolute Gasteiger partial charge is 0.385 e. The molecule has 0 aliphatic heterocycles. The van der Waals surface area contributed by atoms with E-state index in [9.17, 15) is 4.79 Å². The summed E-state index contributed by atoms with van der Waals surface area (Å²) in [5.74, 6) is 0.577. The molecule has 4 fully saturated rings. The first-order chi connectivity index (χ1) is 10.1. The monoisotopic (exact) mass is 281 g/mol. The lowest BCUT2D eigenvalue weighted by molar-refractivity contribution is -0.120. The minimum absolute atomic E-state index is 0.218. The van der Waals surface area contributed by atoms with Crippen molar-refractivity contribution < 1.29 is 4.79 Å². The fraction of sp³-hybridized carbons (Fsp3) is 0.526. The molecule has 0 spiro atoms. The Morgan fingerprint density at radius 3 is 2.62 bits per heavy atom. The average Bonchev–Trinajstić information content (AvgIpc) is 2.41. The number of benzene rings is 1. The zero-order chi connectivity index (χ0) is 14.5. The Morgan fingerprint density at radius 2 is 1.90 bits per heavy atom. The maximum atomic E-state index is 12.1. The van der Waals surface area contributed by atoms with Crippen molar-refractivity contribution in [3.05, 3.63) is 47.7 Å². The van der Waals surface area contributed by atoms with E-state index >= 15 is 0 Å². The van der Waals surface area contributed by atoms with Crippen LogP contribution in [0.1, 0.15) is 51.0 Å². The van der Waals surface area contributed by atoms with Crippen molar-refractivity contribution in [1.82, 2.24) is 5.32 Å². The third-order valence-corrected chi connectivity index (χ3v) is 5.82. The Labute approximate surface area is 126 Å². The summed E-state index contributed by atoms with van der Waals surface area (Å²) in [5, 5.41) is 3.59. The molecule has 5 rings (SSSR count). The SMILES string of the molecule is CC1CCC/C(=C\NC23CC(c4ccccc4)(C2)C3)C1=O. The highest BCUT2D eigenvalue weighted by Gasteiger charge is 2.68. The van der Waals surface area contributed by atoms with Gasteiger partial charge in [-0.25, -0.2) is 0 Å². The van der Waals surface area contributed by atoms with Crippen LogP contribution >= 0.6 is 0 Å². The molecular formula is C19H23NO. The third-order valence-electron chi connectivity index (χ3n) is 5.82. The molecule has 110 valence electrons. The molecule has 0 aromatic heterocycles. The number of nitrogens with one attached hydrogen (secondary N) is 1. The first kappa shape index (κ1) is 13.1. The van der Waals surface area contributed by atoms with Crippen molar-refractivity contribution in [2.24, 2.45) is 5.92 Å². The van der Waals surface area contributed by atoms with Crippen LogP contribution in [0.15, 0.2) is 42.1 Å². The van der Waals surface area contributed by atoms with E-state index in [-0.39, 0.29) is 11.5 Å². The summed E-state index contributed by atoms with van der Waals surface area (Å²) in [6.07, 6.45) is 8.87. The van der Waals surface area contributed by atoms with Crippen molar-refractivity contribution in [1.29, 1.82) is 0 Å². The van der Waals surface area contributed by atoms with E-state index in [4.69, 9.17) is 0 Å². The molecular weight excluding hydrogens is 258 g/mol. The van der Waals surface area contributed by atoms with Gasteiger partial charge in [-0.05, 0) is 44.1 Å². The van der Waals surface area contributed by atoms with Crippen LogP contribution in [0.25, 0.3) is 0 Å². The van der Waals surface area contributed by atoms with Crippen LogP contribution in [-0.4, -0.2) is 11.3 Å². The van der Waals surface area contributed by atoms with Gasteiger partial charge in [-0.15, -0.1) is 0 Å². The second-order valence-electron chi connectivity index (χ2n) is 7.43. The van der Waals surface area contributed by atoms with Gasteiger partial charge in [0.05, 0.1) is 0 Å². The van der Waals surface area contributed by atoms with Crippen LogP contribution < -0.4 is 5.32 Å². The maximum absolute atomic E-state index is 12.1. The van der Waals surface area contributed by atoms with Gasteiger partial charge in [0, 0.05) is 28.6 Å². The molecule has 1 atom stereocenters. The predicted octanol–water partition coefficient (Wildman–Crippen LogP) is 3.72. The molecule has 4 aliphatic carbocycles. The predicted molar refractivity (Wildman–Crippen MR) is 83.9 cm³/mol. The fourth-order valence-electron chi connectivity index (χ4n) is 4.59. The second-order valence-corrected chi connectivity index (χ2v) is 7.43. The third kappa shape index (κ3) is 1.96. The molecule has 0 radical (unpaired) electrons. The van der Waals surface area contributed by atoms with Crippen molar-refractivity contribution in [3.63, 3.8) is 0 Å². The van der Waals surface area contributed by atoms with E-state index in [1.807, 2.05) is 6.20 Å². The molecule has 21 heavy (non-hydrogen) atoms. The quantitative estimate of drug-likeness (QED) is 0.855. The highest BCUT2D eigenvalue weighted by molar-refractivity contribution is 5.97. The number of carbonyl (C=O) groups is 1. The van der Waals surface area contributed by atoms with Gasteiger partial charge in [-0.2, -0.15) is 0 Å². The second kappa shape index (κ2) is 4.46. The molecule has 1 aromatic carbocycles. The first-order valence-electron chi connectivity index (χ1n) is 8.19. The number of hydrogen-bond donors (Lipinski definition) is 1. The lowest BCUT2D eigenvalue weighted by Gasteiger charge is -2.71. The van der Waals surface area contributed by atoms with E-state index in [0.29, 0.717) is 11.2 Å². The number of carbonyl (C=O) groups excluding carboxylic acids is 1. The van der Waals surface area contributed by atoms with Gasteiger partial charge in [0.2, 0.25) is 0 Å². The molecule has 4 aliphatic rings. The highest BCUT2D eigenvalue weighted by atomic mass is 16.1. The van der Waals surface area contributed by atoms with Gasteiger partial charge in [-0.1, -0.05) is 37.3 Å². The lowest BCUT2D eigenvalue weighted by atomic mass is 9.37. The Hall–Kier alpha value is -1.57. The number of hydrogen-bond acceptors (Lipinski definition) is 2. The summed E-state index contributed by atoms with van der Waals surface area (Å²) in [4.78, 5) is 12.1. The van der Waals surface area contributed by atoms with Crippen molar-refractivity contribution in [3.8, 4) is 0 Å². The fourth-order valence-corrected chi connectivity index (χ4v) is 4.59. The van der Waals surface area contributed by atoms with Crippen molar-refractivity contribution >= 4 is 5.78 Å². The zero-order valence-electron chi connectivity index (χ0n) is 12.7. The summed E-state index contributed by atoms with van der Waals surface area (Å²) in [5.41, 5.74) is 3.22. The smallest absolute Gasteiger partial charge is 0.163 e. The molecule has 1 aromatic rings. The Bertz CT molecular complexity index is 581. The Morgan fingerprint density at radius 1 is 1.19 bits per heavy atom. The van der Waals surface area contributed by atoms with E-state index in [1.165, 1.54) is 24.8 Å². The van der Waals surface area contributed by atoms with E-state index < -0.39 is 0 Å². The van der Waals surface area contributed by atoms with Crippen LogP contribution in [0.2, 0.25) is 0 Å². The van der Waals surface area contributed by atoms with Gasteiger partial charge in [0.15, 0.2) is 5.78 Å². The minimum atomic E-state index is 0.218. The van der Waals surface area contributed by atoms with Crippen LogP contribution in [0.5, 0.6) is 0 Å². The van der Waals surface area contributed by atoms with Crippen LogP contribution in [0, 0.1) is 5.92 Å². The zero-order valence-corrected chi connectivity index (χ0v) is 12.7. The number of ketones is 1. The van der Waals surface area contributed by atoms with Gasteiger partial charge in [0.1, 0.15) is 0 Å². The van der Waals surface area contributed by atoms with Crippen LogP contribution in [-0.2, 0) is 10.2 Å². The van der Waals surface area contributed by atoms with Crippen molar-refractivity contribution in [2.45, 2.75) is 56.4 Å². The molecule has 2 heteroatoms. The average molecular weight is 281 g/mol. The molecule has 4 saturated carbocycles. The topological polar surface area (TPSA) is 29.1 Å². The lowest BCUT2D eigenvalue weighted by Crippen LogP contribution is -2.75. The van der Waals surface area contributed by atoms with Crippen LogP contribution in [0.3, 0.4) is 0 Å². The van der Waals surface area contributed by atoms with Crippen LogP contribution in [0.4, 0.5) is 0 Å². The Balaban J connectivity index is 1.40. The summed E-state index contributed by atoms with van der Waals surface area (Å²) >= 11 is 0. The molecule has 1 unspecified atom stereocenters. The standard InChI is InChI=1S/C19H23NO/c1-14-6-5-7-15(17(14)21)10-20-19-11-18(12-19,13-19)16-8-3-2-4-9-16/h2-4,8-10,14,20H,5-7,11-13H2,1H3/b15-10+. The highest BCUT2D eigenvalue weighted by Crippen LogP contribution is 2.67. The molecule has 2 bridgehead atoms. The van der Waals surface area contributed by atoms with Gasteiger partial charge >= 0.3 is 0 Å². The molecule has 2 nitrogen and oxygen atoms in total. The van der Waals surface area contributed by atoms with E-state index in [0.717, 1.165) is 24.8 Å². The first-order valence-corrected chi connectivity index (χ1v) is 8.19. The number of allylic oxidation sites excluding steroid dienone is 1. The summed E-state index contributed by atoms with van der Waals surface area (Å²) in [7, 11) is 0. The van der Waals surface area contributed by atoms with E-state index in [1.54, 1.807) is 0 Å². The Kier molecular flexibility index (Phi) is 2.79. The van der Waals surface area contributed by atoms with Gasteiger partial charge in [0.25, 0.3) is 0 Å². The molecule has 0 saturated heterocycles. The maximum Gasteiger partial charge on any atom is 0.163 e. The van der Waals surface area contributed by atoms with Crippen molar-refractivity contribution in [2.75, 3.05) is 0 Å². The summed E-state index contributed by atoms with van der Waals surface area (Å²) < 4.78 is 0.